The first kappa shape index (κ1) is 11.1. The van der Waals surface area contributed by atoms with Crippen LogP contribution in [0.3, 0.4) is 0 Å². The van der Waals surface area contributed by atoms with Gasteiger partial charge in [-0.25, -0.2) is 0 Å². The summed E-state index contributed by atoms with van der Waals surface area (Å²) in [5.74, 6) is 0.932. The number of rotatable bonds is 4. The van der Waals surface area contributed by atoms with Crippen molar-refractivity contribution >= 4 is 0 Å². The van der Waals surface area contributed by atoms with Crippen LogP contribution in [0.4, 0.5) is 0 Å². The van der Waals surface area contributed by atoms with E-state index in [9.17, 15) is 5.11 Å². The van der Waals surface area contributed by atoms with Gasteiger partial charge in [-0.2, -0.15) is 0 Å². The summed E-state index contributed by atoms with van der Waals surface area (Å²) in [6.07, 6.45) is 1.86. The van der Waals surface area contributed by atoms with Gasteiger partial charge in [0.05, 0.1) is 13.7 Å². The second-order valence-corrected chi connectivity index (χ2v) is 3.30. The molecule has 0 aliphatic rings. The molecule has 0 heterocycles. The number of benzene rings is 1. The van der Waals surface area contributed by atoms with Crippen molar-refractivity contribution in [2.24, 2.45) is 0 Å². The van der Waals surface area contributed by atoms with Gasteiger partial charge in [-0.05, 0) is 41.7 Å². The van der Waals surface area contributed by atoms with Crippen LogP contribution >= 0.6 is 0 Å². The molecule has 0 amide bonds. The third-order valence-corrected chi connectivity index (χ3v) is 2.53. The number of methoxy groups -OCH3 is 1. The third-order valence-electron chi connectivity index (χ3n) is 2.53. The molecule has 1 aromatic rings. The van der Waals surface area contributed by atoms with Gasteiger partial charge in [-0.3, -0.25) is 0 Å². The highest BCUT2D eigenvalue weighted by Gasteiger charge is 2.07. The Morgan fingerprint density at radius 2 is 1.71 bits per heavy atom. The number of hydrogen-bond donors (Lipinski definition) is 1. The molecule has 0 unspecified atom stereocenters. The highest BCUT2D eigenvalue weighted by molar-refractivity contribution is 5.42. The monoisotopic (exact) mass is 194 g/mol. The van der Waals surface area contributed by atoms with E-state index < -0.39 is 0 Å². The molecule has 0 saturated carbocycles. The molecule has 0 aliphatic carbocycles. The van der Waals surface area contributed by atoms with Crippen molar-refractivity contribution in [3.05, 3.63) is 28.8 Å². The van der Waals surface area contributed by atoms with Crippen molar-refractivity contribution in [1.29, 1.82) is 0 Å². The lowest BCUT2D eigenvalue weighted by Gasteiger charge is -2.12. The van der Waals surface area contributed by atoms with Crippen LogP contribution in [0.2, 0.25) is 0 Å². The summed E-state index contributed by atoms with van der Waals surface area (Å²) in [5.41, 5.74) is 3.35. The predicted molar refractivity (Wildman–Crippen MR) is 57.7 cm³/mol. The average Bonchev–Trinajstić information content (AvgIpc) is 2.26. The molecule has 0 radical (unpaired) electrons. The zero-order valence-electron chi connectivity index (χ0n) is 9.13. The van der Waals surface area contributed by atoms with E-state index in [-0.39, 0.29) is 6.61 Å². The predicted octanol–water partition coefficient (Wildman–Crippen LogP) is 2.31. The van der Waals surface area contributed by atoms with Gasteiger partial charge in [0.1, 0.15) is 5.75 Å². The maximum Gasteiger partial charge on any atom is 0.122 e. The van der Waals surface area contributed by atoms with Crippen LogP contribution in [-0.2, 0) is 19.4 Å². The van der Waals surface area contributed by atoms with E-state index in [0.717, 1.165) is 29.7 Å². The van der Waals surface area contributed by atoms with Crippen LogP contribution in [0, 0.1) is 0 Å². The second-order valence-electron chi connectivity index (χ2n) is 3.30. The Balaban J connectivity index is 3.20. The molecule has 1 aromatic carbocycles. The van der Waals surface area contributed by atoms with Gasteiger partial charge >= 0.3 is 0 Å². The van der Waals surface area contributed by atoms with Crippen LogP contribution in [0.5, 0.6) is 5.75 Å². The van der Waals surface area contributed by atoms with Crippen molar-refractivity contribution in [2.75, 3.05) is 7.11 Å². The highest BCUT2D eigenvalue weighted by atomic mass is 16.5. The quantitative estimate of drug-likeness (QED) is 0.797. The van der Waals surface area contributed by atoms with Crippen molar-refractivity contribution in [3.8, 4) is 5.75 Å². The highest BCUT2D eigenvalue weighted by Crippen LogP contribution is 2.24. The zero-order chi connectivity index (χ0) is 10.6. The minimum atomic E-state index is 0.111. The number of aliphatic hydroxyl groups excluding tert-OH is 1. The summed E-state index contributed by atoms with van der Waals surface area (Å²) in [5, 5.41) is 9.19. The van der Waals surface area contributed by atoms with Crippen LogP contribution in [0.25, 0.3) is 0 Å². The van der Waals surface area contributed by atoms with E-state index in [1.165, 1.54) is 5.56 Å². The third kappa shape index (κ3) is 2.07. The smallest absolute Gasteiger partial charge is 0.122 e. The Morgan fingerprint density at radius 3 is 2.14 bits per heavy atom. The Morgan fingerprint density at radius 1 is 1.07 bits per heavy atom. The number of aryl methyl sites for hydroxylation is 2. The van der Waals surface area contributed by atoms with Crippen molar-refractivity contribution in [1.82, 2.24) is 0 Å². The van der Waals surface area contributed by atoms with Crippen molar-refractivity contribution < 1.29 is 9.84 Å². The van der Waals surface area contributed by atoms with E-state index in [1.54, 1.807) is 7.11 Å². The molecule has 0 aliphatic heterocycles. The standard InChI is InChI=1S/C12H18O2/c1-4-9-7-12(14-3)10(5-2)6-11(9)8-13/h6-7,13H,4-5,8H2,1-3H3. The summed E-state index contributed by atoms with van der Waals surface area (Å²) in [4.78, 5) is 0. The molecule has 78 valence electrons. The van der Waals surface area contributed by atoms with Crippen LogP contribution in [0.1, 0.15) is 30.5 Å². The maximum absolute atomic E-state index is 9.19. The molecule has 14 heavy (non-hydrogen) atoms. The largest absolute Gasteiger partial charge is 0.496 e. The Kier molecular flexibility index (Phi) is 3.96. The fourth-order valence-corrected chi connectivity index (χ4v) is 1.66. The first-order valence-corrected chi connectivity index (χ1v) is 5.06. The molecule has 1 N–H and O–H groups in total. The average molecular weight is 194 g/mol. The van der Waals surface area contributed by atoms with E-state index >= 15 is 0 Å². The molecule has 2 heteroatoms. The van der Waals surface area contributed by atoms with Gasteiger partial charge in [0.15, 0.2) is 0 Å². The van der Waals surface area contributed by atoms with E-state index in [4.69, 9.17) is 4.74 Å². The maximum atomic E-state index is 9.19. The molecular weight excluding hydrogens is 176 g/mol. The van der Waals surface area contributed by atoms with E-state index in [2.05, 4.69) is 13.8 Å². The van der Waals surface area contributed by atoms with Gasteiger partial charge in [-0.1, -0.05) is 13.8 Å². The zero-order valence-corrected chi connectivity index (χ0v) is 9.13. The van der Waals surface area contributed by atoms with Crippen LogP contribution in [-0.4, -0.2) is 12.2 Å². The normalized spacial score (nSPS) is 10.3. The molecule has 0 bridgehead atoms. The lowest BCUT2D eigenvalue weighted by Crippen LogP contribution is -1.98. The van der Waals surface area contributed by atoms with Gasteiger partial charge in [0, 0.05) is 0 Å². The fraction of sp³-hybridized carbons (Fsp3) is 0.500. The van der Waals surface area contributed by atoms with Gasteiger partial charge in [0.25, 0.3) is 0 Å². The topological polar surface area (TPSA) is 29.5 Å². The molecule has 0 saturated heterocycles. The summed E-state index contributed by atoms with van der Waals surface area (Å²) >= 11 is 0. The molecule has 0 aromatic heterocycles. The molecule has 0 atom stereocenters. The van der Waals surface area contributed by atoms with Gasteiger partial charge in [0.2, 0.25) is 0 Å². The number of ether oxygens (including phenoxy) is 1. The van der Waals surface area contributed by atoms with Crippen LogP contribution < -0.4 is 4.74 Å². The van der Waals surface area contributed by atoms with Crippen molar-refractivity contribution in [3.63, 3.8) is 0 Å². The van der Waals surface area contributed by atoms with Gasteiger partial charge in [-0.15, -0.1) is 0 Å². The molecular formula is C12H18O2. The summed E-state index contributed by atoms with van der Waals surface area (Å²) in [7, 11) is 1.69. The second kappa shape index (κ2) is 5.01. The minimum Gasteiger partial charge on any atom is -0.496 e. The summed E-state index contributed by atoms with van der Waals surface area (Å²) in [6, 6.07) is 4.07. The molecule has 0 spiro atoms. The molecule has 1 rings (SSSR count). The lowest BCUT2D eigenvalue weighted by atomic mass is 10.00. The SMILES string of the molecule is CCc1cc(OC)c(CC)cc1CO. The fourth-order valence-electron chi connectivity index (χ4n) is 1.66. The van der Waals surface area contributed by atoms with Gasteiger partial charge < -0.3 is 9.84 Å². The summed E-state index contributed by atoms with van der Waals surface area (Å²) < 4.78 is 5.30. The molecule has 2 nitrogen and oxygen atoms in total. The number of aliphatic hydroxyl groups is 1. The van der Waals surface area contributed by atoms with Crippen LogP contribution in [0.15, 0.2) is 12.1 Å². The lowest BCUT2D eigenvalue weighted by molar-refractivity contribution is 0.280. The van der Waals surface area contributed by atoms with Crippen molar-refractivity contribution in [2.45, 2.75) is 33.3 Å². The first-order chi connectivity index (χ1) is 6.76. The number of hydrogen-bond acceptors (Lipinski definition) is 2. The first-order valence-electron chi connectivity index (χ1n) is 5.06. The Hall–Kier alpha value is -1.02. The minimum absolute atomic E-state index is 0.111. The Bertz CT molecular complexity index is 247. The Labute approximate surface area is 85.5 Å². The van der Waals surface area contributed by atoms with E-state index in [1.807, 2.05) is 12.1 Å². The van der Waals surface area contributed by atoms with E-state index in [0.29, 0.717) is 0 Å². The summed E-state index contributed by atoms with van der Waals surface area (Å²) in [6.45, 7) is 4.28. The molecule has 0 fully saturated rings.